The van der Waals surface area contributed by atoms with Gasteiger partial charge < -0.3 is 10.1 Å². The minimum absolute atomic E-state index is 0.497. The van der Waals surface area contributed by atoms with E-state index in [1.165, 1.54) is 56.9 Å². The van der Waals surface area contributed by atoms with Gasteiger partial charge in [0.1, 0.15) is 5.75 Å². The highest BCUT2D eigenvalue weighted by Gasteiger charge is 2.24. The zero-order valence-electron chi connectivity index (χ0n) is 13.3. The Morgan fingerprint density at radius 3 is 2.52 bits per heavy atom. The Morgan fingerprint density at radius 2 is 1.81 bits per heavy atom. The van der Waals surface area contributed by atoms with Crippen molar-refractivity contribution in [3.8, 4) is 5.75 Å². The SMILES string of the molecule is CCCNC1CCCCC(c2ccc(OC3CC3)cc2)C1. The van der Waals surface area contributed by atoms with Gasteiger partial charge in [0.05, 0.1) is 6.10 Å². The van der Waals surface area contributed by atoms with E-state index in [0.717, 1.165) is 18.2 Å². The monoisotopic (exact) mass is 287 g/mol. The summed E-state index contributed by atoms with van der Waals surface area (Å²) in [4.78, 5) is 0. The predicted molar refractivity (Wildman–Crippen MR) is 88.0 cm³/mol. The second-order valence-electron chi connectivity index (χ2n) is 6.75. The standard InChI is InChI=1S/C19H29NO/c1-2-13-20-17-6-4-3-5-16(14-17)15-7-9-18(10-8-15)21-19-11-12-19/h7-10,16-17,19-20H,2-6,11-14H2,1H3. The number of rotatable bonds is 6. The molecule has 0 heterocycles. The van der Waals surface area contributed by atoms with Crippen molar-refractivity contribution in [1.82, 2.24) is 5.32 Å². The van der Waals surface area contributed by atoms with Crippen LogP contribution in [0.2, 0.25) is 0 Å². The summed E-state index contributed by atoms with van der Waals surface area (Å²) in [6.07, 6.45) is 10.9. The molecule has 0 spiro atoms. The van der Waals surface area contributed by atoms with Crippen LogP contribution < -0.4 is 10.1 Å². The quantitative estimate of drug-likeness (QED) is 0.769. The van der Waals surface area contributed by atoms with Crippen LogP contribution in [-0.4, -0.2) is 18.7 Å². The second-order valence-corrected chi connectivity index (χ2v) is 6.75. The normalized spacial score (nSPS) is 26.3. The highest BCUT2D eigenvalue weighted by Crippen LogP contribution is 2.33. The minimum Gasteiger partial charge on any atom is -0.490 e. The Hall–Kier alpha value is -1.02. The van der Waals surface area contributed by atoms with Crippen LogP contribution in [0.5, 0.6) is 5.75 Å². The van der Waals surface area contributed by atoms with Crippen LogP contribution in [-0.2, 0) is 0 Å². The van der Waals surface area contributed by atoms with E-state index in [-0.39, 0.29) is 0 Å². The van der Waals surface area contributed by atoms with Gasteiger partial charge >= 0.3 is 0 Å². The van der Waals surface area contributed by atoms with Gasteiger partial charge in [0, 0.05) is 6.04 Å². The van der Waals surface area contributed by atoms with Crippen LogP contribution in [0.4, 0.5) is 0 Å². The van der Waals surface area contributed by atoms with Gasteiger partial charge in [-0.1, -0.05) is 31.9 Å². The molecule has 2 nitrogen and oxygen atoms in total. The molecule has 2 heteroatoms. The van der Waals surface area contributed by atoms with Crippen molar-refractivity contribution in [1.29, 1.82) is 0 Å². The third-order valence-electron chi connectivity index (χ3n) is 4.79. The van der Waals surface area contributed by atoms with Gasteiger partial charge in [0.25, 0.3) is 0 Å². The second kappa shape index (κ2) is 7.31. The Kier molecular flexibility index (Phi) is 5.18. The molecular formula is C19H29NO. The number of hydrogen-bond acceptors (Lipinski definition) is 2. The highest BCUT2D eigenvalue weighted by molar-refractivity contribution is 5.30. The van der Waals surface area contributed by atoms with Gasteiger partial charge in [-0.15, -0.1) is 0 Å². The van der Waals surface area contributed by atoms with Gasteiger partial charge in [0.2, 0.25) is 0 Å². The first-order valence-electron chi connectivity index (χ1n) is 8.85. The predicted octanol–water partition coefficient (Wildman–Crippen LogP) is 4.64. The minimum atomic E-state index is 0.497. The van der Waals surface area contributed by atoms with E-state index in [2.05, 4.69) is 36.5 Å². The van der Waals surface area contributed by atoms with E-state index < -0.39 is 0 Å². The van der Waals surface area contributed by atoms with Crippen molar-refractivity contribution in [3.63, 3.8) is 0 Å². The summed E-state index contributed by atoms with van der Waals surface area (Å²) in [7, 11) is 0. The first-order chi connectivity index (χ1) is 10.3. The van der Waals surface area contributed by atoms with Crippen LogP contribution in [0.1, 0.15) is 69.8 Å². The molecule has 0 bridgehead atoms. The lowest BCUT2D eigenvalue weighted by atomic mass is 9.90. The smallest absolute Gasteiger partial charge is 0.119 e. The molecule has 2 saturated carbocycles. The molecule has 21 heavy (non-hydrogen) atoms. The van der Waals surface area contributed by atoms with Crippen LogP contribution in [0, 0.1) is 0 Å². The average Bonchev–Trinajstić information content (AvgIpc) is 3.33. The molecule has 2 atom stereocenters. The summed E-state index contributed by atoms with van der Waals surface area (Å²) < 4.78 is 5.85. The Labute approximate surface area is 129 Å². The topological polar surface area (TPSA) is 21.3 Å². The fourth-order valence-corrected chi connectivity index (χ4v) is 3.39. The molecule has 2 aliphatic carbocycles. The molecular weight excluding hydrogens is 258 g/mol. The first-order valence-corrected chi connectivity index (χ1v) is 8.85. The summed E-state index contributed by atoms with van der Waals surface area (Å²) in [6.45, 7) is 3.41. The van der Waals surface area contributed by atoms with E-state index in [1.54, 1.807) is 0 Å². The van der Waals surface area contributed by atoms with Crippen molar-refractivity contribution >= 4 is 0 Å². The maximum absolute atomic E-state index is 5.85. The molecule has 2 aliphatic rings. The van der Waals surface area contributed by atoms with E-state index >= 15 is 0 Å². The van der Waals surface area contributed by atoms with Crippen LogP contribution >= 0.6 is 0 Å². The molecule has 1 aromatic carbocycles. The van der Waals surface area contributed by atoms with Crippen molar-refractivity contribution in [2.45, 2.75) is 76.4 Å². The van der Waals surface area contributed by atoms with Crippen molar-refractivity contribution in [2.24, 2.45) is 0 Å². The van der Waals surface area contributed by atoms with Crippen molar-refractivity contribution in [3.05, 3.63) is 29.8 Å². The molecule has 0 amide bonds. The van der Waals surface area contributed by atoms with Crippen LogP contribution in [0.25, 0.3) is 0 Å². The molecule has 0 aliphatic heterocycles. The van der Waals surface area contributed by atoms with Crippen LogP contribution in [0.15, 0.2) is 24.3 Å². The van der Waals surface area contributed by atoms with Crippen LogP contribution in [0.3, 0.4) is 0 Å². The summed E-state index contributed by atoms with van der Waals surface area (Å²) in [6, 6.07) is 9.65. The first kappa shape index (κ1) is 14.9. The molecule has 3 rings (SSSR count). The molecule has 1 aromatic rings. The van der Waals surface area contributed by atoms with E-state index in [0.29, 0.717) is 12.1 Å². The fraction of sp³-hybridized carbons (Fsp3) is 0.684. The molecule has 0 aromatic heterocycles. The third kappa shape index (κ3) is 4.47. The molecule has 2 fully saturated rings. The Morgan fingerprint density at radius 1 is 1.05 bits per heavy atom. The lowest BCUT2D eigenvalue weighted by molar-refractivity contribution is 0.303. The van der Waals surface area contributed by atoms with Gasteiger partial charge in [-0.2, -0.15) is 0 Å². The van der Waals surface area contributed by atoms with Crippen molar-refractivity contribution < 1.29 is 4.74 Å². The highest BCUT2D eigenvalue weighted by atomic mass is 16.5. The molecule has 0 radical (unpaired) electrons. The van der Waals surface area contributed by atoms with E-state index in [9.17, 15) is 0 Å². The maximum atomic E-state index is 5.85. The molecule has 0 saturated heterocycles. The molecule has 116 valence electrons. The summed E-state index contributed by atoms with van der Waals surface area (Å²) in [5, 5.41) is 3.73. The largest absolute Gasteiger partial charge is 0.490 e. The zero-order chi connectivity index (χ0) is 14.5. The van der Waals surface area contributed by atoms with Gasteiger partial charge in [-0.3, -0.25) is 0 Å². The Balaban J connectivity index is 1.60. The van der Waals surface area contributed by atoms with E-state index in [4.69, 9.17) is 4.74 Å². The summed E-state index contributed by atoms with van der Waals surface area (Å²) in [5.41, 5.74) is 1.50. The van der Waals surface area contributed by atoms with E-state index in [1.807, 2.05) is 0 Å². The number of benzene rings is 1. The fourth-order valence-electron chi connectivity index (χ4n) is 3.39. The van der Waals surface area contributed by atoms with Gasteiger partial charge in [-0.05, 0) is 68.7 Å². The summed E-state index contributed by atoms with van der Waals surface area (Å²) >= 11 is 0. The van der Waals surface area contributed by atoms with Gasteiger partial charge in [0.15, 0.2) is 0 Å². The number of nitrogens with one attached hydrogen (secondary N) is 1. The molecule has 1 N–H and O–H groups in total. The summed E-state index contributed by atoms with van der Waals surface area (Å²) in [5.74, 6) is 1.77. The van der Waals surface area contributed by atoms with Crippen molar-refractivity contribution in [2.75, 3.05) is 6.54 Å². The average molecular weight is 287 g/mol. The number of ether oxygens (including phenoxy) is 1. The lowest BCUT2D eigenvalue weighted by Gasteiger charge is -2.21. The zero-order valence-corrected chi connectivity index (χ0v) is 13.3. The number of hydrogen-bond donors (Lipinski definition) is 1. The molecule has 2 unspecified atom stereocenters. The third-order valence-corrected chi connectivity index (χ3v) is 4.79. The lowest BCUT2D eigenvalue weighted by Crippen LogP contribution is -2.30. The maximum Gasteiger partial charge on any atom is 0.119 e. The Bertz CT molecular complexity index is 424. The van der Waals surface area contributed by atoms with Gasteiger partial charge in [-0.25, -0.2) is 0 Å².